The summed E-state index contributed by atoms with van der Waals surface area (Å²) in [5.74, 6) is 0. The molecule has 1 N–H and O–H groups in total. The Hall–Kier alpha value is -1.48. The van der Waals surface area contributed by atoms with Gasteiger partial charge in [0.05, 0.1) is 12.3 Å². The molecule has 0 atom stereocenters. The quantitative estimate of drug-likeness (QED) is 0.781. The standard InChI is InChI=1S/C12H16N2O.3C2H6/c1-3-4-10(7-13-2)11-5-6-12(9-15)14-8-11;3*1-2/h4-8,15H,3,9H2,1-2H3;3*1-2H3/b10-4+,13-7?;;;. The normalized spacial score (nSPS) is 9.67. The molecule has 1 rings (SSSR count). The predicted octanol–water partition coefficient (Wildman–Crippen LogP) is 5.15. The fraction of sp³-hybridized carbons (Fsp3) is 0.556. The molecule has 3 heteroatoms. The van der Waals surface area contributed by atoms with Crippen LogP contribution in [0.15, 0.2) is 29.4 Å². The lowest BCUT2D eigenvalue weighted by Gasteiger charge is -2.02. The number of aliphatic imine (C=N–C) groups is 1. The summed E-state index contributed by atoms with van der Waals surface area (Å²) in [4.78, 5) is 8.13. The predicted molar refractivity (Wildman–Crippen MR) is 96.9 cm³/mol. The summed E-state index contributed by atoms with van der Waals surface area (Å²) >= 11 is 0. The van der Waals surface area contributed by atoms with Crippen molar-refractivity contribution in [2.45, 2.75) is 61.5 Å². The third-order valence-electron chi connectivity index (χ3n) is 2.01. The molecule has 21 heavy (non-hydrogen) atoms. The fourth-order valence-corrected chi connectivity index (χ4v) is 1.29. The van der Waals surface area contributed by atoms with Crippen LogP contribution in [0.2, 0.25) is 0 Å². The van der Waals surface area contributed by atoms with Crippen LogP contribution in [-0.4, -0.2) is 23.4 Å². The van der Waals surface area contributed by atoms with Crippen molar-refractivity contribution in [3.8, 4) is 0 Å². The van der Waals surface area contributed by atoms with Crippen LogP contribution in [0.1, 0.15) is 66.1 Å². The second kappa shape index (κ2) is 20.8. The fourth-order valence-electron chi connectivity index (χ4n) is 1.29. The van der Waals surface area contributed by atoms with Crippen LogP contribution < -0.4 is 0 Å². The van der Waals surface area contributed by atoms with Gasteiger partial charge in [-0.15, -0.1) is 0 Å². The Kier molecular flexibility index (Phi) is 24.3. The zero-order valence-electron chi connectivity index (χ0n) is 15.1. The average Bonchev–Trinajstić information content (AvgIpc) is 2.60. The van der Waals surface area contributed by atoms with Crippen molar-refractivity contribution in [2.24, 2.45) is 4.99 Å². The Morgan fingerprint density at radius 2 is 1.71 bits per heavy atom. The van der Waals surface area contributed by atoms with Gasteiger partial charge in [0.2, 0.25) is 0 Å². The molecule has 0 radical (unpaired) electrons. The lowest BCUT2D eigenvalue weighted by Crippen LogP contribution is -1.92. The number of hydrogen-bond donors (Lipinski definition) is 1. The van der Waals surface area contributed by atoms with Gasteiger partial charge in [-0.05, 0) is 18.1 Å². The van der Waals surface area contributed by atoms with Crippen molar-refractivity contribution in [3.63, 3.8) is 0 Å². The number of aliphatic hydroxyl groups excluding tert-OH is 1. The van der Waals surface area contributed by atoms with Gasteiger partial charge in [0.15, 0.2) is 0 Å². The van der Waals surface area contributed by atoms with Gasteiger partial charge in [-0.3, -0.25) is 9.98 Å². The Balaban J connectivity index is -0.000000478. The third kappa shape index (κ3) is 12.0. The third-order valence-corrected chi connectivity index (χ3v) is 2.01. The summed E-state index contributed by atoms with van der Waals surface area (Å²) in [6.07, 6.45) is 6.64. The van der Waals surface area contributed by atoms with Crippen LogP contribution in [0.25, 0.3) is 5.57 Å². The molecule has 0 aliphatic rings. The first kappa shape index (κ1) is 24.5. The van der Waals surface area contributed by atoms with Crippen LogP contribution in [0, 0.1) is 0 Å². The van der Waals surface area contributed by atoms with Gasteiger partial charge in [-0.25, -0.2) is 0 Å². The van der Waals surface area contributed by atoms with Gasteiger partial charge in [-0.1, -0.05) is 60.6 Å². The molecule has 1 heterocycles. The summed E-state index contributed by atoms with van der Waals surface area (Å²) in [5, 5.41) is 8.87. The van der Waals surface area contributed by atoms with E-state index in [2.05, 4.69) is 23.0 Å². The average molecular weight is 294 g/mol. The van der Waals surface area contributed by atoms with E-state index in [-0.39, 0.29) is 6.61 Å². The molecule has 0 fully saturated rings. The van der Waals surface area contributed by atoms with Crippen molar-refractivity contribution >= 4 is 11.8 Å². The van der Waals surface area contributed by atoms with Gasteiger partial charge in [0.1, 0.15) is 0 Å². The SMILES string of the molecule is CC.CC.CC.CC/C=C(\C=NC)c1ccc(CO)nc1. The highest BCUT2D eigenvalue weighted by molar-refractivity contribution is 6.09. The van der Waals surface area contributed by atoms with Gasteiger partial charge in [-0.2, -0.15) is 0 Å². The Bertz CT molecular complexity index is 354. The lowest BCUT2D eigenvalue weighted by molar-refractivity contribution is 0.277. The molecule has 0 aromatic carbocycles. The molecular formula is C18H34N2O. The molecule has 0 bridgehead atoms. The zero-order chi connectivity index (χ0) is 17.1. The van der Waals surface area contributed by atoms with Gasteiger partial charge >= 0.3 is 0 Å². The van der Waals surface area contributed by atoms with E-state index in [1.54, 1.807) is 13.2 Å². The molecule has 0 amide bonds. The van der Waals surface area contributed by atoms with Crippen LogP contribution in [0.5, 0.6) is 0 Å². The molecule has 1 aromatic rings. The van der Waals surface area contributed by atoms with Crippen molar-refractivity contribution in [1.29, 1.82) is 0 Å². The molecule has 1 aromatic heterocycles. The first-order valence-corrected chi connectivity index (χ1v) is 8.00. The van der Waals surface area contributed by atoms with Crippen LogP contribution >= 0.6 is 0 Å². The number of rotatable bonds is 4. The summed E-state index contributed by atoms with van der Waals surface area (Å²) in [7, 11) is 1.75. The number of aliphatic hydroxyl groups is 1. The minimum Gasteiger partial charge on any atom is -0.390 e. The highest BCUT2D eigenvalue weighted by atomic mass is 16.3. The Labute approximate surface area is 131 Å². The van der Waals surface area contributed by atoms with E-state index < -0.39 is 0 Å². The van der Waals surface area contributed by atoms with Crippen LogP contribution in [-0.2, 0) is 6.61 Å². The van der Waals surface area contributed by atoms with E-state index in [1.807, 2.05) is 59.9 Å². The van der Waals surface area contributed by atoms with Crippen LogP contribution in [0.3, 0.4) is 0 Å². The minimum absolute atomic E-state index is 0.0189. The highest BCUT2D eigenvalue weighted by Gasteiger charge is 1.99. The maximum absolute atomic E-state index is 8.87. The van der Waals surface area contributed by atoms with Gasteiger partial charge < -0.3 is 5.11 Å². The minimum atomic E-state index is -0.0189. The molecule has 3 nitrogen and oxygen atoms in total. The molecule has 0 aliphatic carbocycles. The van der Waals surface area contributed by atoms with Crippen LogP contribution in [0.4, 0.5) is 0 Å². The Morgan fingerprint density at radius 3 is 2.05 bits per heavy atom. The summed E-state index contributed by atoms with van der Waals surface area (Å²) in [6.45, 7) is 14.1. The van der Waals surface area contributed by atoms with E-state index in [1.165, 1.54) is 0 Å². The molecule has 0 saturated heterocycles. The smallest absolute Gasteiger partial charge is 0.0852 e. The summed E-state index contributed by atoms with van der Waals surface area (Å²) in [5.41, 5.74) is 2.78. The second-order valence-electron chi connectivity index (χ2n) is 3.15. The van der Waals surface area contributed by atoms with Crippen molar-refractivity contribution < 1.29 is 5.11 Å². The topological polar surface area (TPSA) is 45.5 Å². The van der Waals surface area contributed by atoms with E-state index in [0.717, 1.165) is 17.6 Å². The number of nitrogens with zero attached hydrogens (tertiary/aromatic N) is 2. The van der Waals surface area contributed by atoms with E-state index in [0.29, 0.717) is 5.69 Å². The van der Waals surface area contributed by atoms with Crippen molar-refractivity contribution in [3.05, 3.63) is 35.7 Å². The van der Waals surface area contributed by atoms with Crippen molar-refractivity contribution in [2.75, 3.05) is 7.05 Å². The molecular weight excluding hydrogens is 260 g/mol. The number of allylic oxidation sites excluding steroid dienone is 2. The highest BCUT2D eigenvalue weighted by Crippen LogP contribution is 2.12. The van der Waals surface area contributed by atoms with Gasteiger partial charge in [0.25, 0.3) is 0 Å². The summed E-state index contributed by atoms with van der Waals surface area (Å²) < 4.78 is 0. The Morgan fingerprint density at radius 1 is 1.14 bits per heavy atom. The maximum atomic E-state index is 8.87. The molecule has 122 valence electrons. The summed E-state index contributed by atoms with van der Waals surface area (Å²) in [6, 6.07) is 3.77. The molecule has 0 aliphatic heterocycles. The molecule has 0 unspecified atom stereocenters. The number of hydrogen-bond acceptors (Lipinski definition) is 3. The second-order valence-corrected chi connectivity index (χ2v) is 3.15. The molecule has 0 spiro atoms. The first-order valence-electron chi connectivity index (χ1n) is 8.00. The monoisotopic (exact) mass is 294 g/mol. The van der Waals surface area contributed by atoms with Gasteiger partial charge in [0, 0.05) is 25.0 Å². The number of pyridine rings is 1. The first-order chi connectivity index (χ1) is 10.3. The van der Waals surface area contributed by atoms with Crippen molar-refractivity contribution in [1.82, 2.24) is 4.98 Å². The van der Waals surface area contributed by atoms with E-state index in [9.17, 15) is 0 Å². The van der Waals surface area contributed by atoms with E-state index in [4.69, 9.17) is 5.11 Å². The zero-order valence-corrected chi connectivity index (χ0v) is 15.1. The largest absolute Gasteiger partial charge is 0.390 e. The van der Waals surface area contributed by atoms with E-state index >= 15 is 0 Å². The number of aromatic nitrogens is 1. The lowest BCUT2D eigenvalue weighted by atomic mass is 10.1. The maximum Gasteiger partial charge on any atom is 0.0852 e. The molecule has 0 saturated carbocycles.